The number of nitrogen functional groups attached to an aromatic ring is 1. The maximum atomic E-state index is 12.1. The van der Waals surface area contributed by atoms with E-state index in [1.165, 1.54) is 11.8 Å². The molecule has 21 heavy (non-hydrogen) atoms. The fraction of sp³-hybridized carbons (Fsp3) is 0.636. The number of sulfonamides is 1. The number of ether oxygens (including phenoxy) is 1. The smallest absolute Gasteiger partial charge is 0.246 e. The predicted octanol–water partition coefficient (Wildman–Crippen LogP) is -1.26. The Morgan fingerprint density at radius 2 is 2.10 bits per heavy atom. The van der Waals surface area contributed by atoms with Gasteiger partial charge in [0.25, 0.3) is 0 Å². The topological polar surface area (TPSA) is 128 Å². The van der Waals surface area contributed by atoms with E-state index in [0.717, 1.165) is 0 Å². The van der Waals surface area contributed by atoms with Gasteiger partial charge in [-0.15, -0.1) is 0 Å². The molecule has 1 rings (SSSR count). The molecule has 0 saturated carbocycles. The standard InChI is InChI=1S/C11H21N5O4S/c1-8-10(11(12)15-16(8)2)21(18,19)14-5-4-9(17)13-6-7-20-3/h14H,4-7H2,1-3H3,(H2,12,15)(H,13,17). The summed E-state index contributed by atoms with van der Waals surface area (Å²) < 4.78 is 32.8. The van der Waals surface area contributed by atoms with Crippen LogP contribution in [0.5, 0.6) is 0 Å². The number of aryl methyl sites for hydroxylation is 1. The number of carbonyl (C=O) groups excluding carboxylic acids is 1. The maximum Gasteiger partial charge on any atom is 0.246 e. The van der Waals surface area contributed by atoms with Crippen LogP contribution in [-0.4, -0.2) is 50.9 Å². The highest BCUT2D eigenvalue weighted by Crippen LogP contribution is 2.20. The molecule has 0 fully saturated rings. The van der Waals surface area contributed by atoms with E-state index in [1.807, 2.05) is 0 Å². The van der Waals surface area contributed by atoms with E-state index in [2.05, 4.69) is 15.1 Å². The molecule has 0 unspecified atom stereocenters. The summed E-state index contributed by atoms with van der Waals surface area (Å²) in [6, 6.07) is 0. The molecule has 0 saturated heterocycles. The summed E-state index contributed by atoms with van der Waals surface area (Å²) in [6.45, 7) is 2.38. The van der Waals surface area contributed by atoms with Crippen LogP contribution in [0, 0.1) is 6.92 Å². The summed E-state index contributed by atoms with van der Waals surface area (Å²) >= 11 is 0. The Balaban J connectivity index is 2.56. The molecule has 1 aromatic heterocycles. The molecule has 0 atom stereocenters. The molecule has 0 aliphatic rings. The molecule has 1 heterocycles. The Hall–Kier alpha value is -1.65. The van der Waals surface area contributed by atoms with Gasteiger partial charge in [0.1, 0.15) is 4.90 Å². The highest BCUT2D eigenvalue weighted by atomic mass is 32.2. The Morgan fingerprint density at radius 3 is 2.62 bits per heavy atom. The molecule has 0 aromatic carbocycles. The van der Waals surface area contributed by atoms with Gasteiger partial charge in [0.15, 0.2) is 5.82 Å². The van der Waals surface area contributed by atoms with Gasteiger partial charge in [-0.05, 0) is 6.92 Å². The SMILES string of the molecule is COCCNC(=O)CCNS(=O)(=O)c1c(N)nn(C)c1C. The van der Waals surface area contributed by atoms with Crippen molar-refractivity contribution in [1.29, 1.82) is 0 Å². The van der Waals surface area contributed by atoms with Gasteiger partial charge in [-0.25, -0.2) is 13.1 Å². The molecule has 0 radical (unpaired) electrons. The number of rotatable bonds is 8. The lowest BCUT2D eigenvalue weighted by Crippen LogP contribution is -2.32. The Morgan fingerprint density at radius 1 is 1.43 bits per heavy atom. The number of nitrogens with zero attached hydrogens (tertiary/aromatic N) is 2. The molecule has 9 nitrogen and oxygen atoms in total. The largest absolute Gasteiger partial charge is 0.383 e. The Kier molecular flexibility index (Phi) is 6.12. The first-order valence-corrected chi connectivity index (χ1v) is 7.82. The average molecular weight is 319 g/mol. The molecule has 120 valence electrons. The van der Waals surface area contributed by atoms with E-state index in [4.69, 9.17) is 10.5 Å². The van der Waals surface area contributed by atoms with Crippen LogP contribution in [0.2, 0.25) is 0 Å². The van der Waals surface area contributed by atoms with E-state index in [9.17, 15) is 13.2 Å². The lowest BCUT2D eigenvalue weighted by Gasteiger charge is -2.07. The molecule has 1 amide bonds. The molecule has 0 aliphatic carbocycles. The first-order valence-electron chi connectivity index (χ1n) is 6.34. The molecular formula is C11H21N5O4S. The third-order valence-corrected chi connectivity index (χ3v) is 4.47. The number of amides is 1. The second-order valence-corrected chi connectivity index (χ2v) is 6.12. The zero-order valence-electron chi connectivity index (χ0n) is 12.3. The Bertz CT molecular complexity index is 596. The van der Waals surface area contributed by atoms with Gasteiger partial charge in [0.2, 0.25) is 15.9 Å². The first kappa shape index (κ1) is 17.4. The molecule has 4 N–H and O–H groups in total. The lowest BCUT2D eigenvalue weighted by molar-refractivity contribution is -0.121. The van der Waals surface area contributed by atoms with Crippen molar-refractivity contribution in [1.82, 2.24) is 19.8 Å². The molecular weight excluding hydrogens is 298 g/mol. The highest BCUT2D eigenvalue weighted by molar-refractivity contribution is 7.89. The third-order valence-electron chi connectivity index (χ3n) is 2.85. The van der Waals surface area contributed by atoms with Crippen LogP contribution in [0.25, 0.3) is 0 Å². The van der Waals surface area contributed by atoms with E-state index >= 15 is 0 Å². The van der Waals surface area contributed by atoms with Crippen LogP contribution in [0.1, 0.15) is 12.1 Å². The van der Waals surface area contributed by atoms with Crippen LogP contribution in [0.3, 0.4) is 0 Å². The second-order valence-electron chi connectivity index (χ2n) is 4.41. The van der Waals surface area contributed by atoms with Gasteiger partial charge in [0, 0.05) is 33.7 Å². The molecule has 0 bridgehead atoms. The Labute approximate surface area is 123 Å². The van der Waals surface area contributed by atoms with Crippen molar-refractivity contribution in [2.45, 2.75) is 18.2 Å². The number of nitrogens with two attached hydrogens (primary N) is 1. The van der Waals surface area contributed by atoms with Gasteiger partial charge in [-0.2, -0.15) is 5.10 Å². The number of carbonyl (C=O) groups is 1. The summed E-state index contributed by atoms with van der Waals surface area (Å²) in [5, 5.41) is 6.45. The first-order chi connectivity index (χ1) is 9.79. The number of nitrogens with one attached hydrogen (secondary N) is 2. The van der Waals surface area contributed by atoms with Crippen molar-refractivity contribution in [3.63, 3.8) is 0 Å². The number of hydrogen-bond acceptors (Lipinski definition) is 6. The van der Waals surface area contributed by atoms with E-state index in [1.54, 1.807) is 14.0 Å². The van der Waals surface area contributed by atoms with Crippen LogP contribution in [0.15, 0.2) is 4.90 Å². The van der Waals surface area contributed by atoms with Crippen molar-refractivity contribution < 1.29 is 17.9 Å². The normalized spacial score (nSPS) is 11.6. The van der Waals surface area contributed by atoms with Crippen molar-refractivity contribution in [3.8, 4) is 0 Å². The van der Waals surface area contributed by atoms with Gasteiger partial charge in [-0.3, -0.25) is 9.48 Å². The van der Waals surface area contributed by atoms with Gasteiger partial charge in [0.05, 0.1) is 12.3 Å². The van der Waals surface area contributed by atoms with Crippen LogP contribution < -0.4 is 15.8 Å². The van der Waals surface area contributed by atoms with Gasteiger partial charge < -0.3 is 15.8 Å². The molecule has 0 aliphatic heterocycles. The second kappa shape index (κ2) is 7.38. The molecule has 1 aromatic rings. The summed E-state index contributed by atoms with van der Waals surface area (Å²) in [4.78, 5) is 11.4. The van der Waals surface area contributed by atoms with Gasteiger partial charge in [-0.1, -0.05) is 0 Å². The van der Waals surface area contributed by atoms with Crippen LogP contribution >= 0.6 is 0 Å². The zero-order valence-corrected chi connectivity index (χ0v) is 13.2. The fourth-order valence-corrected chi connectivity index (χ4v) is 3.05. The summed E-state index contributed by atoms with van der Waals surface area (Å²) in [5.41, 5.74) is 6.03. The number of aromatic nitrogens is 2. The minimum atomic E-state index is -3.78. The minimum Gasteiger partial charge on any atom is -0.383 e. The van der Waals surface area contributed by atoms with Crippen LogP contribution in [-0.2, 0) is 26.6 Å². The number of methoxy groups -OCH3 is 1. The summed E-state index contributed by atoms with van der Waals surface area (Å²) in [7, 11) is -0.651. The zero-order chi connectivity index (χ0) is 16.0. The fourth-order valence-electron chi connectivity index (χ4n) is 1.70. The molecule has 10 heteroatoms. The monoisotopic (exact) mass is 319 g/mol. The summed E-state index contributed by atoms with van der Waals surface area (Å²) in [6.07, 6.45) is 0.0299. The predicted molar refractivity (Wildman–Crippen MR) is 77.0 cm³/mol. The van der Waals surface area contributed by atoms with E-state index in [-0.39, 0.29) is 29.6 Å². The lowest BCUT2D eigenvalue weighted by atomic mass is 10.4. The minimum absolute atomic E-state index is 0.0189. The van der Waals surface area contributed by atoms with E-state index < -0.39 is 10.0 Å². The number of anilines is 1. The quantitative estimate of drug-likeness (QED) is 0.513. The van der Waals surface area contributed by atoms with Crippen molar-refractivity contribution in [3.05, 3.63) is 5.69 Å². The van der Waals surface area contributed by atoms with E-state index in [0.29, 0.717) is 18.8 Å². The number of hydrogen-bond donors (Lipinski definition) is 3. The van der Waals surface area contributed by atoms with Crippen molar-refractivity contribution >= 4 is 21.7 Å². The van der Waals surface area contributed by atoms with Gasteiger partial charge >= 0.3 is 0 Å². The van der Waals surface area contributed by atoms with Crippen LogP contribution in [0.4, 0.5) is 5.82 Å². The van der Waals surface area contributed by atoms with Crippen molar-refractivity contribution in [2.24, 2.45) is 7.05 Å². The third kappa shape index (κ3) is 4.69. The maximum absolute atomic E-state index is 12.1. The average Bonchev–Trinajstić information content (AvgIpc) is 2.63. The summed E-state index contributed by atoms with van der Waals surface area (Å²) in [5.74, 6) is -0.322. The molecule has 0 spiro atoms. The highest BCUT2D eigenvalue weighted by Gasteiger charge is 2.24. The van der Waals surface area contributed by atoms with Crippen molar-refractivity contribution in [2.75, 3.05) is 32.5 Å².